The van der Waals surface area contributed by atoms with Crippen LogP contribution in [-0.4, -0.2) is 30.8 Å². The molecule has 0 N–H and O–H groups in total. The minimum atomic E-state index is 0.264. The van der Waals surface area contributed by atoms with Gasteiger partial charge in [-0.1, -0.05) is 19.4 Å². The van der Waals surface area contributed by atoms with Crippen molar-refractivity contribution in [2.24, 2.45) is 34.5 Å². The van der Waals surface area contributed by atoms with E-state index in [0.717, 1.165) is 37.0 Å². The standard InChI is InChI=1S/C23H33NO/c1-6-15-13-20-18-8-7-16-14-17(25)9-11-22(16,2)19(18)10-12-23(20,3)21(15)24(4)5/h1,14-15,18-21H,7-13H2,2-5H3/t15-,18-,19+,20+,21+,22+,23+/m1/s1. The van der Waals surface area contributed by atoms with E-state index in [0.29, 0.717) is 23.2 Å². The van der Waals surface area contributed by atoms with Crippen molar-refractivity contribution in [3.05, 3.63) is 11.6 Å². The number of allylic oxidation sites excluding steroid dienone is 1. The van der Waals surface area contributed by atoms with E-state index >= 15 is 0 Å². The summed E-state index contributed by atoms with van der Waals surface area (Å²) in [6.07, 6.45) is 16.0. The second-order valence-corrected chi connectivity index (χ2v) is 9.93. The number of fused-ring (bicyclic) bond motifs is 5. The molecule has 0 heterocycles. The predicted octanol–water partition coefficient (Wildman–Crippen LogP) is 4.31. The minimum absolute atomic E-state index is 0.264. The van der Waals surface area contributed by atoms with Crippen LogP contribution in [0.3, 0.4) is 0 Å². The van der Waals surface area contributed by atoms with Gasteiger partial charge in [-0.2, -0.15) is 0 Å². The van der Waals surface area contributed by atoms with Gasteiger partial charge in [-0.15, -0.1) is 12.3 Å². The fraction of sp³-hybridized carbons (Fsp3) is 0.783. The quantitative estimate of drug-likeness (QED) is 0.664. The first-order chi connectivity index (χ1) is 11.8. The van der Waals surface area contributed by atoms with E-state index in [2.05, 4.69) is 38.8 Å². The first-order valence-electron chi connectivity index (χ1n) is 10.2. The SMILES string of the molecule is C#C[C@@H]1C[C@H]2[C@@H]3CCC4=CC(=O)CC[C@]4(C)[C@H]3CC[C@]2(C)[C@H]1N(C)C. The van der Waals surface area contributed by atoms with Gasteiger partial charge in [0.25, 0.3) is 0 Å². The zero-order valence-corrected chi connectivity index (χ0v) is 16.3. The third-order valence-corrected chi connectivity index (χ3v) is 8.73. The monoisotopic (exact) mass is 339 g/mol. The molecule has 0 aromatic rings. The van der Waals surface area contributed by atoms with Crippen LogP contribution in [-0.2, 0) is 4.79 Å². The average molecular weight is 340 g/mol. The maximum atomic E-state index is 11.9. The van der Waals surface area contributed by atoms with Gasteiger partial charge in [-0.3, -0.25) is 4.79 Å². The molecule has 3 fully saturated rings. The largest absolute Gasteiger partial charge is 0.305 e. The van der Waals surface area contributed by atoms with Crippen molar-refractivity contribution in [2.45, 2.75) is 64.8 Å². The zero-order valence-electron chi connectivity index (χ0n) is 16.3. The Morgan fingerprint density at radius 3 is 2.60 bits per heavy atom. The Morgan fingerprint density at radius 2 is 1.92 bits per heavy atom. The Labute approximate surface area is 153 Å². The third kappa shape index (κ3) is 2.31. The molecule has 0 amide bonds. The highest BCUT2D eigenvalue weighted by atomic mass is 16.1. The van der Waals surface area contributed by atoms with Crippen molar-refractivity contribution >= 4 is 5.78 Å². The second-order valence-electron chi connectivity index (χ2n) is 9.93. The molecular weight excluding hydrogens is 306 g/mol. The fourth-order valence-electron chi connectivity index (χ4n) is 7.69. The maximum absolute atomic E-state index is 11.9. The van der Waals surface area contributed by atoms with Crippen molar-refractivity contribution < 1.29 is 4.79 Å². The van der Waals surface area contributed by atoms with Crippen molar-refractivity contribution in [1.82, 2.24) is 4.90 Å². The molecule has 0 radical (unpaired) electrons. The number of rotatable bonds is 1. The summed E-state index contributed by atoms with van der Waals surface area (Å²) in [6.45, 7) is 4.98. The van der Waals surface area contributed by atoms with Crippen LogP contribution in [0.5, 0.6) is 0 Å². The second kappa shape index (κ2) is 5.71. The predicted molar refractivity (Wildman–Crippen MR) is 102 cm³/mol. The molecule has 4 rings (SSSR count). The molecule has 3 saturated carbocycles. The summed E-state index contributed by atoms with van der Waals surface area (Å²) >= 11 is 0. The molecular formula is C23H33NO. The van der Waals surface area contributed by atoms with Gasteiger partial charge in [0, 0.05) is 18.4 Å². The Balaban J connectivity index is 1.69. The van der Waals surface area contributed by atoms with Crippen LogP contribution in [0.4, 0.5) is 0 Å². The van der Waals surface area contributed by atoms with Crippen LogP contribution >= 0.6 is 0 Å². The van der Waals surface area contributed by atoms with E-state index in [1.807, 2.05) is 6.08 Å². The van der Waals surface area contributed by atoms with E-state index < -0.39 is 0 Å². The van der Waals surface area contributed by atoms with Crippen molar-refractivity contribution in [3.63, 3.8) is 0 Å². The van der Waals surface area contributed by atoms with E-state index in [1.54, 1.807) is 0 Å². The van der Waals surface area contributed by atoms with Crippen molar-refractivity contribution in [3.8, 4) is 12.3 Å². The lowest BCUT2D eigenvalue weighted by Gasteiger charge is -2.58. The molecule has 4 aliphatic rings. The lowest BCUT2D eigenvalue weighted by Crippen LogP contribution is -2.53. The number of hydrogen-bond acceptors (Lipinski definition) is 2. The first kappa shape index (κ1) is 17.3. The molecule has 25 heavy (non-hydrogen) atoms. The summed E-state index contributed by atoms with van der Waals surface area (Å²) in [5.74, 6) is 6.17. The van der Waals surface area contributed by atoms with E-state index in [1.165, 1.54) is 31.3 Å². The molecule has 136 valence electrons. The molecule has 2 heteroatoms. The highest BCUT2D eigenvalue weighted by Gasteiger charge is 2.61. The molecule has 4 aliphatic carbocycles. The average Bonchev–Trinajstić information content (AvgIpc) is 2.88. The molecule has 2 nitrogen and oxygen atoms in total. The topological polar surface area (TPSA) is 20.3 Å². The highest BCUT2D eigenvalue weighted by Crippen LogP contribution is 2.66. The number of nitrogens with zero attached hydrogens (tertiary/aromatic N) is 1. The molecule has 0 saturated heterocycles. The third-order valence-electron chi connectivity index (χ3n) is 8.73. The van der Waals surface area contributed by atoms with Crippen LogP contribution in [0.2, 0.25) is 0 Å². The van der Waals surface area contributed by atoms with Gasteiger partial charge in [-0.25, -0.2) is 0 Å². The molecule has 0 bridgehead atoms. The summed E-state index contributed by atoms with van der Waals surface area (Å²) in [4.78, 5) is 14.4. The van der Waals surface area contributed by atoms with Gasteiger partial charge in [-0.05, 0) is 87.3 Å². The van der Waals surface area contributed by atoms with Crippen molar-refractivity contribution in [1.29, 1.82) is 0 Å². The Hall–Kier alpha value is -1.07. The summed E-state index contributed by atoms with van der Waals surface area (Å²) < 4.78 is 0. The Morgan fingerprint density at radius 1 is 1.16 bits per heavy atom. The van der Waals surface area contributed by atoms with Gasteiger partial charge < -0.3 is 4.90 Å². The van der Waals surface area contributed by atoms with E-state index in [-0.39, 0.29) is 5.41 Å². The molecule has 0 unspecified atom stereocenters. The highest BCUT2D eigenvalue weighted by molar-refractivity contribution is 5.91. The minimum Gasteiger partial charge on any atom is -0.305 e. The molecule has 0 aromatic carbocycles. The summed E-state index contributed by atoms with van der Waals surface area (Å²) in [5.41, 5.74) is 2.08. The van der Waals surface area contributed by atoms with Gasteiger partial charge in [0.05, 0.1) is 0 Å². The number of ketones is 1. The van der Waals surface area contributed by atoms with Crippen LogP contribution in [0.25, 0.3) is 0 Å². The Kier molecular flexibility index (Phi) is 3.97. The molecule has 0 aromatic heterocycles. The lowest BCUT2D eigenvalue weighted by molar-refractivity contribution is -0.117. The molecule has 7 atom stereocenters. The zero-order chi connectivity index (χ0) is 18.0. The number of carbonyl (C=O) groups excluding carboxylic acids is 1. The van der Waals surface area contributed by atoms with E-state index in [9.17, 15) is 4.79 Å². The first-order valence-corrected chi connectivity index (χ1v) is 10.2. The lowest BCUT2D eigenvalue weighted by atomic mass is 9.47. The fourth-order valence-corrected chi connectivity index (χ4v) is 7.69. The number of hydrogen-bond donors (Lipinski definition) is 0. The Bertz CT molecular complexity index is 655. The van der Waals surface area contributed by atoms with Gasteiger partial charge >= 0.3 is 0 Å². The molecule has 0 aliphatic heterocycles. The van der Waals surface area contributed by atoms with Crippen LogP contribution in [0, 0.1) is 46.8 Å². The van der Waals surface area contributed by atoms with Crippen LogP contribution in [0.1, 0.15) is 58.8 Å². The summed E-state index contributed by atoms with van der Waals surface area (Å²) in [6, 6.07) is 0.515. The van der Waals surface area contributed by atoms with Gasteiger partial charge in [0.1, 0.15) is 0 Å². The van der Waals surface area contributed by atoms with Crippen LogP contribution in [0.15, 0.2) is 11.6 Å². The van der Waals surface area contributed by atoms with E-state index in [4.69, 9.17) is 6.42 Å². The van der Waals surface area contributed by atoms with Gasteiger partial charge in [0.2, 0.25) is 0 Å². The van der Waals surface area contributed by atoms with Crippen LogP contribution < -0.4 is 0 Å². The van der Waals surface area contributed by atoms with Crippen molar-refractivity contribution in [2.75, 3.05) is 14.1 Å². The molecule has 0 spiro atoms. The number of terminal acetylenes is 1. The maximum Gasteiger partial charge on any atom is 0.155 e. The normalized spacial score (nSPS) is 49.0. The summed E-state index contributed by atoms with van der Waals surface area (Å²) in [5, 5.41) is 0. The number of carbonyl (C=O) groups is 1. The summed E-state index contributed by atoms with van der Waals surface area (Å²) in [7, 11) is 4.43. The van der Waals surface area contributed by atoms with Gasteiger partial charge in [0.15, 0.2) is 5.78 Å². The smallest absolute Gasteiger partial charge is 0.155 e.